The third kappa shape index (κ3) is 3.99. The van der Waals surface area contributed by atoms with Crippen LogP contribution in [0.4, 0.5) is 0 Å². The third-order valence-electron chi connectivity index (χ3n) is 2.70. The van der Waals surface area contributed by atoms with Gasteiger partial charge in [0.15, 0.2) is 0 Å². The smallest absolute Gasteiger partial charge is 0.0989 e. The second-order valence-electron chi connectivity index (χ2n) is 4.17. The third-order valence-corrected chi connectivity index (χ3v) is 2.70. The molecule has 0 saturated heterocycles. The molecule has 4 unspecified atom stereocenters. The van der Waals surface area contributed by atoms with Crippen LogP contribution in [-0.2, 0) is 18.9 Å². The van der Waals surface area contributed by atoms with Crippen molar-refractivity contribution in [1.82, 2.24) is 0 Å². The molecule has 2 N–H and O–H groups in total. The van der Waals surface area contributed by atoms with Gasteiger partial charge in [-0.1, -0.05) is 0 Å². The van der Waals surface area contributed by atoms with Crippen LogP contribution in [0, 0.1) is 0 Å². The summed E-state index contributed by atoms with van der Waals surface area (Å²) in [6.07, 6.45) is 1.02. The molecule has 0 heterocycles. The van der Waals surface area contributed by atoms with Crippen molar-refractivity contribution in [2.45, 2.75) is 37.7 Å². The minimum absolute atomic E-state index is 0.00513. The minimum Gasteiger partial charge on any atom is -0.382 e. The molecule has 1 aliphatic carbocycles. The second-order valence-corrected chi connectivity index (χ2v) is 4.17. The Hall–Kier alpha value is -0.200. The fourth-order valence-corrected chi connectivity index (χ4v) is 1.82. The summed E-state index contributed by atoms with van der Waals surface area (Å²) >= 11 is 0. The quantitative estimate of drug-likeness (QED) is 0.605. The van der Waals surface area contributed by atoms with Crippen molar-refractivity contribution in [3.63, 3.8) is 0 Å². The highest BCUT2D eigenvalue weighted by atomic mass is 16.6. The van der Waals surface area contributed by atoms with E-state index in [1.54, 1.807) is 14.2 Å². The number of hydrogen-bond donors (Lipinski definition) is 1. The largest absolute Gasteiger partial charge is 0.382 e. The summed E-state index contributed by atoms with van der Waals surface area (Å²) in [7, 11) is 3.32. The lowest BCUT2D eigenvalue weighted by atomic mass is 9.86. The highest BCUT2D eigenvalue weighted by Gasteiger charge is 2.41. The molecule has 0 aromatic carbocycles. The van der Waals surface area contributed by atoms with E-state index in [-0.39, 0.29) is 24.4 Å². The Bertz CT molecular complexity index is 191. The van der Waals surface area contributed by atoms with Gasteiger partial charge >= 0.3 is 0 Å². The van der Waals surface area contributed by atoms with Crippen LogP contribution in [0.3, 0.4) is 0 Å². The van der Waals surface area contributed by atoms with Crippen molar-refractivity contribution >= 4 is 0 Å². The van der Waals surface area contributed by atoms with Crippen molar-refractivity contribution in [1.29, 1.82) is 0 Å². The molecule has 5 nitrogen and oxygen atoms in total. The molecule has 0 spiro atoms. The number of rotatable bonds is 8. The topological polar surface area (TPSA) is 62.9 Å². The lowest BCUT2D eigenvalue weighted by Gasteiger charge is -2.42. The van der Waals surface area contributed by atoms with Crippen molar-refractivity contribution in [3.8, 4) is 0 Å². The molecule has 4 atom stereocenters. The average Bonchev–Trinajstić information content (AvgIpc) is 2.24. The minimum atomic E-state index is -0.00513. The fourth-order valence-electron chi connectivity index (χ4n) is 1.82. The molecule has 5 heteroatoms. The van der Waals surface area contributed by atoms with E-state index in [0.29, 0.717) is 19.8 Å². The molecule has 0 aliphatic heterocycles. The van der Waals surface area contributed by atoms with E-state index in [9.17, 15) is 0 Å². The summed E-state index contributed by atoms with van der Waals surface area (Å²) in [5, 5.41) is 0. The Labute approximate surface area is 97.2 Å². The van der Waals surface area contributed by atoms with E-state index >= 15 is 0 Å². The van der Waals surface area contributed by atoms with Crippen molar-refractivity contribution in [2.75, 3.05) is 34.0 Å². The Morgan fingerprint density at radius 2 is 2.00 bits per heavy atom. The maximum atomic E-state index is 5.87. The molecular weight excluding hydrogens is 210 g/mol. The molecular formula is C11H23NO4. The molecule has 0 aromatic heterocycles. The Kier molecular flexibility index (Phi) is 6.23. The van der Waals surface area contributed by atoms with E-state index in [4.69, 9.17) is 24.7 Å². The van der Waals surface area contributed by atoms with Gasteiger partial charge in [0.05, 0.1) is 38.1 Å². The van der Waals surface area contributed by atoms with E-state index in [1.807, 2.05) is 6.92 Å². The standard InChI is InChI=1S/C11H23NO4/c1-8(7-14-3)16-10-6-9(12)11(10)15-5-4-13-2/h8-11H,4-7,12H2,1-3H3. The van der Waals surface area contributed by atoms with E-state index in [1.165, 1.54) is 0 Å². The normalized spacial score (nSPS) is 31.1. The lowest BCUT2D eigenvalue weighted by Crippen LogP contribution is -2.59. The summed E-state index contributed by atoms with van der Waals surface area (Å²) in [5.74, 6) is 0. The second kappa shape index (κ2) is 7.19. The molecule has 0 bridgehead atoms. The van der Waals surface area contributed by atoms with Crippen LogP contribution >= 0.6 is 0 Å². The maximum Gasteiger partial charge on any atom is 0.0989 e. The van der Waals surface area contributed by atoms with Crippen LogP contribution in [0.5, 0.6) is 0 Å². The first kappa shape index (κ1) is 13.9. The van der Waals surface area contributed by atoms with Gasteiger partial charge in [-0.2, -0.15) is 0 Å². The zero-order chi connectivity index (χ0) is 12.0. The summed E-state index contributed by atoms with van der Waals surface area (Å²) in [5.41, 5.74) is 5.87. The number of ether oxygens (including phenoxy) is 4. The molecule has 0 radical (unpaired) electrons. The predicted octanol–water partition coefficient (Wildman–Crippen LogP) is 0.169. The first-order chi connectivity index (χ1) is 7.69. The Morgan fingerprint density at radius 3 is 2.56 bits per heavy atom. The number of methoxy groups -OCH3 is 2. The van der Waals surface area contributed by atoms with E-state index in [2.05, 4.69) is 0 Å². The van der Waals surface area contributed by atoms with Gasteiger partial charge in [-0.15, -0.1) is 0 Å². The van der Waals surface area contributed by atoms with Gasteiger partial charge in [0, 0.05) is 20.3 Å². The maximum absolute atomic E-state index is 5.87. The number of hydrogen-bond acceptors (Lipinski definition) is 5. The lowest BCUT2D eigenvalue weighted by molar-refractivity contribution is -0.169. The first-order valence-electron chi connectivity index (χ1n) is 5.69. The van der Waals surface area contributed by atoms with E-state index < -0.39 is 0 Å². The zero-order valence-electron chi connectivity index (χ0n) is 10.3. The Morgan fingerprint density at radius 1 is 1.25 bits per heavy atom. The number of nitrogens with two attached hydrogens (primary N) is 1. The van der Waals surface area contributed by atoms with Crippen LogP contribution in [0.1, 0.15) is 13.3 Å². The monoisotopic (exact) mass is 233 g/mol. The van der Waals surface area contributed by atoms with Gasteiger partial charge in [-0.3, -0.25) is 0 Å². The van der Waals surface area contributed by atoms with Gasteiger partial charge in [0.25, 0.3) is 0 Å². The van der Waals surface area contributed by atoms with E-state index in [0.717, 1.165) is 6.42 Å². The molecule has 1 aliphatic rings. The first-order valence-corrected chi connectivity index (χ1v) is 5.69. The van der Waals surface area contributed by atoms with Crippen LogP contribution < -0.4 is 5.73 Å². The van der Waals surface area contributed by atoms with Crippen molar-refractivity contribution in [3.05, 3.63) is 0 Å². The summed E-state index contributed by atoms with van der Waals surface area (Å²) in [6.45, 7) is 3.73. The summed E-state index contributed by atoms with van der Waals surface area (Å²) in [6, 6.07) is 0.0802. The zero-order valence-corrected chi connectivity index (χ0v) is 10.3. The molecule has 0 aromatic rings. The summed E-state index contributed by atoms with van der Waals surface area (Å²) in [4.78, 5) is 0. The van der Waals surface area contributed by atoms with Crippen LogP contribution in [-0.4, -0.2) is 58.4 Å². The Balaban J connectivity index is 2.21. The molecule has 1 rings (SSSR count). The summed E-state index contributed by atoms with van der Waals surface area (Å²) < 4.78 is 21.3. The fraction of sp³-hybridized carbons (Fsp3) is 1.00. The van der Waals surface area contributed by atoms with Gasteiger partial charge in [-0.05, 0) is 13.3 Å². The molecule has 1 saturated carbocycles. The average molecular weight is 233 g/mol. The van der Waals surface area contributed by atoms with Crippen LogP contribution in [0.25, 0.3) is 0 Å². The molecule has 96 valence electrons. The predicted molar refractivity (Wildman–Crippen MR) is 60.4 cm³/mol. The van der Waals surface area contributed by atoms with Gasteiger partial charge < -0.3 is 24.7 Å². The van der Waals surface area contributed by atoms with Crippen LogP contribution in [0.2, 0.25) is 0 Å². The van der Waals surface area contributed by atoms with Gasteiger partial charge in [-0.25, -0.2) is 0 Å². The van der Waals surface area contributed by atoms with Crippen LogP contribution in [0.15, 0.2) is 0 Å². The van der Waals surface area contributed by atoms with Gasteiger partial charge in [0.2, 0.25) is 0 Å². The molecule has 16 heavy (non-hydrogen) atoms. The highest BCUT2D eigenvalue weighted by Crippen LogP contribution is 2.26. The highest BCUT2D eigenvalue weighted by molar-refractivity contribution is 4.95. The SMILES string of the molecule is COCCOC1C(N)CC1OC(C)COC. The molecule has 1 fully saturated rings. The van der Waals surface area contributed by atoms with Gasteiger partial charge in [0.1, 0.15) is 0 Å². The molecule has 0 amide bonds. The van der Waals surface area contributed by atoms with Crippen molar-refractivity contribution < 1.29 is 18.9 Å². The van der Waals surface area contributed by atoms with Crippen molar-refractivity contribution in [2.24, 2.45) is 5.73 Å².